The lowest BCUT2D eigenvalue weighted by atomic mass is 10.1. The molecule has 0 aliphatic carbocycles. The first-order chi connectivity index (χ1) is 11.7. The SMILES string of the molecule is N#Cc1ccc(OCC(=O)NCCc2ccc3c(c2)OCO3)cc1. The van der Waals surface area contributed by atoms with Crippen LogP contribution in [0.5, 0.6) is 17.2 Å². The van der Waals surface area contributed by atoms with Gasteiger partial charge in [-0.05, 0) is 48.4 Å². The normalized spacial score (nSPS) is 11.6. The van der Waals surface area contributed by atoms with Crippen molar-refractivity contribution in [1.82, 2.24) is 5.32 Å². The highest BCUT2D eigenvalue weighted by atomic mass is 16.7. The van der Waals surface area contributed by atoms with E-state index in [2.05, 4.69) is 5.32 Å². The van der Waals surface area contributed by atoms with E-state index >= 15 is 0 Å². The van der Waals surface area contributed by atoms with Crippen molar-refractivity contribution < 1.29 is 19.0 Å². The van der Waals surface area contributed by atoms with Gasteiger partial charge in [-0.25, -0.2) is 0 Å². The van der Waals surface area contributed by atoms with E-state index in [9.17, 15) is 4.79 Å². The molecule has 1 heterocycles. The van der Waals surface area contributed by atoms with Crippen LogP contribution in [0, 0.1) is 11.3 Å². The third-order valence-corrected chi connectivity index (χ3v) is 3.53. The Kier molecular flexibility index (Phi) is 4.82. The summed E-state index contributed by atoms with van der Waals surface area (Å²) >= 11 is 0. The molecule has 0 bridgehead atoms. The van der Waals surface area contributed by atoms with Gasteiger partial charge in [-0.2, -0.15) is 5.26 Å². The summed E-state index contributed by atoms with van der Waals surface area (Å²) in [5.41, 5.74) is 1.61. The van der Waals surface area contributed by atoms with Gasteiger partial charge in [-0.3, -0.25) is 4.79 Å². The lowest BCUT2D eigenvalue weighted by Gasteiger charge is -2.08. The molecule has 1 N–H and O–H groups in total. The summed E-state index contributed by atoms with van der Waals surface area (Å²) in [7, 11) is 0. The summed E-state index contributed by atoms with van der Waals surface area (Å²) < 4.78 is 16.0. The van der Waals surface area contributed by atoms with E-state index in [4.69, 9.17) is 19.5 Å². The molecule has 122 valence electrons. The number of carbonyl (C=O) groups is 1. The minimum Gasteiger partial charge on any atom is -0.484 e. The number of amides is 1. The molecule has 1 aliphatic heterocycles. The van der Waals surface area contributed by atoms with E-state index in [1.807, 2.05) is 24.3 Å². The highest BCUT2D eigenvalue weighted by Crippen LogP contribution is 2.32. The Balaban J connectivity index is 1.40. The topological polar surface area (TPSA) is 80.6 Å². The van der Waals surface area contributed by atoms with Crippen LogP contribution in [0.25, 0.3) is 0 Å². The number of benzene rings is 2. The highest BCUT2D eigenvalue weighted by molar-refractivity contribution is 5.77. The second-order valence-electron chi connectivity index (χ2n) is 5.21. The number of ether oxygens (including phenoxy) is 3. The minimum atomic E-state index is -0.194. The smallest absolute Gasteiger partial charge is 0.257 e. The van der Waals surface area contributed by atoms with Gasteiger partial charge >= 0.3 is 0 Å². The van der Waals surface area contributed by atoms with Crippen LogP contribution in [0.3, 0.4) is 0 Å². The average molecular weight is 324 g/mol. The number of nitriles is 1. The summed E-state index contributed by atoms with van der Waals surface area (Å²) in [5, 5.41) is 11.5. The van der Waals surface area contributed by atoms with Gasteiger partial charge in [0.1, 0.15) is 5.75 Å². The zero-order valence-electron chi connectivity index (χ0n) is 13.0. The van der Waals surface area contributed by atoms with Crippen LogP contribution < -0.4 is 19.5 Å². The summed E-state index contributed by atoms with van der Waals surface area (Å²) in [4.78, 5) is 11.8. The van der Waals surface area contributed by atoms with Crippen molar-refractivity contribution in [2.75, 3.05) is 19.9 Å². The average Bonchev–Trinajstić information content (AvgIpc) is 3.08. The van der Waals surface area contributed by atoms with Crippen molar-refractivity contribution >= 4 is 5.91 Å². The molecule has 3 rings (SSSR count). The third kappa shape index (κ3) is 3.96. The fraction of sp³-hybridized carbons (Fsp3) is 0.222. The second-order valence-corrected chi connectivity index (χ2v) is 5.21. The fourth-order valence-electron chi connectivity index (χ4n) is 2.27. The predicted octanol–water partition coefficient (Wildman–Crippen LogP) is 2.02. The molecule has 0 unspecified atom stereocenters. The Hall–Kier alpha value is -3.20. The maximum atomic E-state index is 11.8. The molecule has 1 amide bonds. The van der Waals surface area contributed by atoms with Gasteiger partial charge in [-0.15, -0.1) is 0 Å². The predicted molar refractivity (Wildman–Crippen MR) is 85.9 cm³/mol. The molecule has 0 atom stereocenters. The van der Waals surface area contributed by atoms with Crippen LogP contribution in [0.4, 0.5) is 0 Å². The van der Waals surface area contributed by atoms with E-state index in [0.29, 0.717) is 24.3 Å². The zero-order valence-corrected chi connectivity index (χ0v) is 13.0. The quantitative estimate of drug-likeness (QED) is 0.879. The Morgan fingerprint density at radius 1 is 1.17 bits per heavy atom. The lowest BCUT2D eigenvalue weighted by molar-refractivity contribution is -0.123. The van der Waals surface area contributed by atoms with Crippen LogP contribution in [-0.2, 0) is 11.2 Å². The molecular formula is C18H16N2O4. The number of nitrogens with one attached hydrogen (secondary N) is 1. The standard InChI is InChI=1S/C18H16N2O4/c19-10-14-1-4-15(5-2-14)22-11-18(21)20-8-7-13-3-6-16-17(9-13)24-12-23-16/h1-6,9H,7-8,11-12H2,(H,20,21). The Labute approximate surface area is 139 Å². The third-order valence-electron chi connectivity index (χ3n) is 3.53. The molecular weight excluding hydrogens is 308 g/mol. The first-order valence-corrected chi connectivity index (χ1v) is 7.53. The molecule has 0 radical (unpaired) electrons. The van der Waals surface area contributed by atoms with Crippen LogP contribution >= 0.6 is 0 Å². The van der Waals surface area contributed by atoms with E-state index < -0.39 is 0 Å². The monoisotopic (exact) mass is 324 g/mol. The van der Waals surface area contributed by atoms with Gasteiger partial charge in [0.05, 0.1) is 11.6 Å². The number of carbonyl (C=O) groups excluding carboxylic acids is 1. The van der Waals surface area contributed by atoms with E-state index in [1.165, 1.54) is 0 Å². The largest absolute Gasteiger partial charge is 0.484 e. The highest BCUT2D eigenvalue weighted by Gasteiger charge is 2.13. The molecule has 0 aromatic heterocycles. The van der Waals surface area contributed by atoms with Gasteiger partial charge in [0.25, 0.3) is 5.91 Å². The van der Waals surface area contributed by atoms with Crippen molar-refractivity contribution in [1.29, 1.82) is 5.26 Å². The number of fused-ring (bicyclic) bond motifs is 1. The lowest BCUT2D eigenvalue weighted by Crippen LogP contribution is -2.30. The van der Waals surface area contributed by atoms with Crippen molar-refractivity contribution in [3.63, 3.8) is 0 Å². The summed E-state index contributed by atoms with van der Waals surface area (Å²) in [6.07, 6.45) is 0.694. The number of hydrogen-bond acceptors (Lipinski definition) is 5. The molecule has 0 spiro atoms. The molecule has 1 aliphatic rings. The molecule has 6 heteroatoms. The van der Waals surface area contributed by atoms with Crippen molar-refractivity contribution in [3.05, 3.63) is 53.6 Å². The van der Waals surface area contributed by atoms with Crippen molar-refractivity contribution in [3.8, 4) is 23.3 Å². The number of rotatable bonds is 6. The second kappa shape index (κ2) is 7.38. The van der Waals surface area contributed by atoms with E-state index in [0.717, 1.165) is 17.1 Å². The van der Waals surface area contributed by atoms with Gasteiger partial charge in [0.2, 0.25) is 6.79 Å². The maximum absolute atomic E-state index is 11.8. The van der Waals surface area contributed by atoms with Crippen LogP contribution in [0.2, 0.25) is 0 Å². The summed E-state index contributed by atoms with van der Waals surface area (Å²) in [6.45, 7) is 0.699. The molecule has 2 aromatic rings. The fourth-order valence-corrected chi connectivity index (χ4v) is 2.27. The Morgan fingerprint density at radius 2 is 1.96 bits per heavy atom. The van der Waals surface area contributed by atoms with Crippen LogP contribution in [0.1, 0.15) is 11.1 Å². The van der Waals surface area contributed by atoms with Gasteiger partial charge in [-0.1, -0.05) is 6.07 Å². The van der Waals surface area contributed by atoms with Gasteiger partial charge < -0.3 is 19.5 Å². The van der Waals surface area contributed by atoms with Gasteiger partial charge in [0.15, 0.2) is 18.1 Å². The number of nitrogens with zero attached hydrogens (tertiary/aromatic N) is 1. The molecule has 0 fully saturated rings. The molecule has 0 saturated heterocycles. The first kappa shape index (κ1) is 15.7. The van der Waals surface area contributed by atoms with Gasteiger partial charge in [0, 0.05) is 6.54 Å². The molecule has 2 aromatic carbocycles. The summed E-state index contributed by atoms with van der Waals surface area (Å²) in [5.74, 6) is 1.85. The van der Waals surface area contributed by atoms with Crippen LogP contribution in [-0.4, -0.2) is 25.9 Å². The Bertz CT molecular complexity index is 766. The van der Waals surface area contributed by atoms with Crippen molar-refractivity contribution in [2.24, 2.45) is 0 Å². The van der Waals surface area contributed by atoms with E-state index in [-0.39, 0.29) is 19.3 Å². The molecule has 24 heavy (non-hydrogen) atoms. The molecule has 6 nitrogen and oxygen atoms in total. The van der Waals surface area contributed by atoms with Crippen molar-refractivity contribution in [2.45, 2.75) is 6.42 Å². The minimum absolute atomic E-state index is 0.0625. The Morgan fingerprint density at radius 3 is 2.75 bits per heavy atom. The molecule has 0 saturated carbocycles. The summed E-state index contributed by atoms with van der Waals surface area (Å²) in [6, 6.07) is 14.4. The van der Waals surface area contributed by atoms with Crippen LogP contribution in [0.15, 0.2) is 42.5 Å². The van der Waals surface area contributed by atoms with E-state index in [1.54, 1.807) is 24.3 Å². The number of hydrogen-bond donors (Lipinski definition) is 1. The maximum Gasteiger partial charge on any atom is 0.257 e. The zero-order chi connectivity index (χ0) is 16.8. The first-order valence-electron chi connectivity index (χ1n) is 7.53.